The van der Waals surface area contributed by atoms with Crippen LogP contribution in [0.5, 0.6) is 0 Å². The van der Waals surface area contributed by atoms with Crippen molar-refractivity contribution in [3.63, 3.8) is 0 Å². The molecule has 0 spiro atoms. The van der Waals surface area contributed by atoms with Gasteiger partial charge in [0.05, 0.1) is 5.41 Å². The Hall–Kier alpha value is -0.570. The van der Waals surface area contributed by atoms with E-state index >= 15 is 0 Å². The van der Waals surface area contributed by atoms with Crippen LogP contribution in [0.15, 0.2) is 0 Å². The molecular weight excluding hydrogens is 166 g/mol. The van der Waals surface area contributed by atoms with E-state index in [9.17, 15) is 4.79 Å². The topological polar surface area (TPSA) is 40.5 Å². The number of hydrogen-bond acceptors (Lipinski definition) is 2. The van der Waals surface area contributed by atoms with Crippen LogP contribution < -0.4 is 0 Å². The zero-order valence-electron chi connectivity index (χ0n) is 9.13. The first kappa shape index (κ1) is 12.4. The molecule has 1 aliphatic rings. The summed E-state index contributed by atoms with van der Waals surface area (Å²) in [6.45, 7) is 7.65. The molecular formula is C10H21NO2. The first-order valence-electron chi connectivity index (χ1n) is 4.96. The van der Waals surface area contributed by atoms with Crippen molar-refractivity contribution in [1.29, 1.82) is 0 Å². The van der Waals surface area contributed by atoms with Gasteiger partial charge in [-0.05, 0) is 39.9 Å². The number of carboxylic acid groups (broad SMARTS) is 1. The van der Waals surface area contributed by atoms with Gasteiger partial charge < -0.3 is 10.0 Å². The van der Waals surface area contributed by atoms with Gasteiger partial charge in [-0.2, -0.15) is 0 Å². The minimum Gasteiger partial charge on any atom is -0.481 e. The van der Waals surface area contributed by atoms with Gasteiger partial charge in [0, 0.05) is 0 Å². The van der Waals surface area contributed by atoms with E-state index in [0.29, 0.717) is 0 Å². The number of rotatable bonds is 1. The summed E-state index contributed by atoms with van der Waals surface area (Å²) in [5.74, 6) is -0.648. The van der Waals surface area contributed by atoms with Gasteiger partial charge in [0.2, 0.25) is 0 Å². The Morgan fingerprint density at radius 1 is 1.31 bits per heavy atom. The SMILES string of the molecule is CC.CN1CCC(C)(C(=O)O)CC1. The lowest BCUT2D eigenvalue weighted by atomic mass is 9.81. The van der Waals surface area contributed by atoms with Crippen molar-refractivity contribution in [2.75, 3.05) is 20.1 Å². The maximum absolute atomic E-state index is 10.8. The quantitative estimate of drug-likeness (QED) is 0.681. The molecule has 0 aromatic carbocycles. The zero-order valence-corrected chi connectivity index (χ0v) is 9.13. The summed E-state index contributed by atoms with van der Waals surface area (Å²) in [6.07, 6.45) is 1.55. The Kier molecular flexibility index (Phi) is 4.99. The van der Waals surface area contributed by atoms with Crippen LogP contribution in [-0.4, -0.2) is 36.1 Å². The lowest BCUT2D eigenvalue weighted by molar-refractivity contribution is -0.150. The van der Waals surface area contributed by atoms with Crippen molar-refractivity contribution < 1.29 is 9.90 Å². The van der Waals surface area contributed by atoms with Gasteiger partial charge in [0.1, 0.15) is 0 Å². The molecule has 78 valence electrons. The normalized spacial score (nSPS) is 21.5. The number of carbonyl (C=O) groups is 1. The van der Waals surface area contributed by atoms with Crippen LogP contribution >= 0.6 is 0 Å². The summed E-state index contributed by atoms with van der Waals surface area (Å²) in [5, 5.41) is 8.87. The fourth-order valence-corrected chi connectivity index (χ4v) is 1.33. The van der Waals surface area contributed by atoms with E-state index in [1.807, 2.05) is 27.8 Å². The van der Waals surface area contributed by atoms with Crippen molar-refractivity contribution >= 4 is 5.97 Å². The molecule has 3 heteroatoms. The van der Waals surface area contributed by atoms with Crippen LogP contribution in [0.4, 0.5) is 0 Å². The summed E-state index contributed by atoms with van der Waals surface area (Å²) >= 11 is 0. The molecule has 3 nitrogen and oxygen atoms in total. The summed E-state index contributed by atoms with van der Waals surface area (Å²) in [6, 6.07) is 0. The van der Waals surface area contributed by atoms with Crippen molar-refractivity contribution in [2.24, 2.45) is 5.41 Å². The predicted octanol–water partition coefficient (Wildman–Crippen LogP) is 1.83. The van der Waals surface area contributed by atoms with Gasteiger partial charge in [-0.3, -0.25) is 4.79 Å². The number of piperidine rings is 1. The van der Waals surface area contributed by atoms with E-state index in [2.05, 4.69) is 4.90 Å². The molecule has 0 aromatic heterocycles. The second-order valence-electron chi connectivity index (χ2n) is 3.67. The first-order valence-corrected chi connectivity index (χ1v) is 4.96. The molecule has 0 bridgehead atoms. The van der Waals surface area contributed by atoms with E-state index in [-0.39, 0.29) is 0 Å². The van der Waals surface area contributed by atoms with Gasteiger partial charge in [-0.15, -0.1) is 0 Å². The molecule has 0 aliphatic carbocycles. The molecule has 1 rings (SSSR count). The highest BCUT2D eigenvalue weighted by Crippen LogP contribution is 2.30. The Morgan fingerprint density at radius 2 is 1.69 bits per heavy atom. The second kappa shape index (κ2) is 5.22. The van der Waals surface area contributed by atoms with E-state index in [1.165, 1.54) is 0 Å². The van der Waals surface area contributed by atoms with Gasteiger partial charge in [-0.1, -0.05) is 13.8 Å². The molecule has 1 fully saturated rings. The molecule has 0 unspecified atom stereocenters. The first-order chi connectivity index (χ1) is 6.04. The standard InChI is InChI=1S/C8H15NO2.C2H6/c1-8(7(10)11)3-5-9(2)6-4-8;1-2/h3-6H2,1-2H3,(H,10,11);1-2H3. The fraction of sp³-hybridized carbons (Fsp3) is 0.900. The van der Waals surface area contributed by atoms with Crippen LogP contribution in [0.25, 0.3) is 0 Å². The molecule has 0 radical (unpaired) electrons. The zero-order chi connectivity index (χ0) is 10.5. The van der Waals surface area contributed by atoms with Crippen LogP contribution in [0.3, 0.4) is 0 Å². The molecule has 1 aliphatic heterocycles. The molecule has 0 aromatic rings. The van der Waals surface area contributed by atoms with Gasteiger partial charge >= 0.3 is 5.97 Å². The van der Waals surface area contributed by atoms with Crippen LogP contribution in [0.2, 0.25) is 0 Å². The van der Waals surface area contributed by atoms with E-state index in [4.69, 9.17) is 5.11 Å². The highest BCUT2D eigenvalue weighted by Gasteiger charge is 2.35. The minimum absolute atomic E-state index is 0.466. The van der Waals surface area contributed by atoms with Crippen molar-refractivity contribution in [3.8, 4) is 0 Å². The Balaban J connectivity index is 0.000000671. The second-order valence-corrected chi connectivity index (χ2v) is 3.67. The maximum Gasteiger partial charge on any atom is 0.309 e. The van der Waals surface area contributed by atoms with E-state index in [1.54, 1.807) is 0 Å². The summed E-state index contributed by atoms with van der Waals surface area (Å²) in [7, 11) is 2.03. The average molecular weight is 187 g/mol. The molecule has 1 N–H and O–H groups in total. The number of carboxylic acids is 1. The van der Waals surface area contributed by atoms with E-state index < -0.39 is 11.4 Å². The highest BCUT2D eigenvalue weighted by molar-refractivity contribution is 5.74. The third-order valence-electron chi connectivity index (χ3n) is 2.61. The van der Waals surface area contributed by atoms with Crippen molar-refractivity contribution in [2.45, 2.75) is 33.6 Å². The molecule has 1 heterocycles. The van der Waals surface area contributed by atoms with Gasteiger partial charge in [0.25, 0.3) is 0 Å². The Morgan fingerprint density at radius 3 is 2.00 bits per heavy atom. The summed E-state index contributed by atoms with van der Waals surface area (Å²) in [5.41, 5.74) is -0.466. The predicted molar refractivity (Wildman–Crippen MR) is 53.8 cm³/mol. The number of likely N-dealkylation sites (tertiary alicyclic amines) is 1. The third kappa shape index (κ3) is 3.35. The van der Waals surface area contributed by atoms with Crippen LogP contribution in [-0.2, 0) is 4.79 Å². The monoisotopic (exact) mass is 187 g/mol. The molecule has 0 atom stereocenters. The Labute approximate surface area is 80.7 Å². The smallest absolute Gasteiger partial charge is 0.309 e. The largest absolute Gasteiger partial charge is 0.481 e. The maximum atomic E-state index is 10.8. The van der Waals surface area contributed by atoms with Crippen LogP contribution in [0.1, 0.15) is 33.6 Å². The molecule has 1 saturated heterocycles. The number of hydrogen-bond donors (Lipinski definition) is 1. The highest BCUT2D eigenvalue weighted by atomic mass is 16.4. The molecule has 0 saturated carbocycles. The lowest BCUT2D eigenvalue weighted by Crippen LogP contribution is -2.40. The lowest BCUT2D eigenvalue weighted by Gasteiger charge is -2.34. The average Bonchev–Trinajstić information content (AvgIpc) is 2.14. The molecule has 13 heavy (non-hydrogen) atoms. The number of nitrogens with zero attached hydrogens (tertiary/aromatic N) is 1. The van der Waals surface area contributed by atoms with Crippen molar-refractivity contribution in [3.05, 3.63) is 0 Å². The van der Waals surface area contributed by atoms with E-state index in [0.717, 1.165) is 25.9 Å². The number of aliphatic carboxylic acids is 1. The van der Waals surface area contributed by atoms with Crippen molar-refractivity contribution in [1.82, 2.24) is 4.90 Å². The minimum atomic E-state index is -0.648. The fourth-order valence-electron chi connectivity index (χ4n) is 1.33. The summed E-state index contributed by atoms with van der Waals surface area (Å²) < 4.78 is 0. The van der Waals surface area contributed by atoms with Crippen LogP contribution in [0, 0.1) is 5.41 Å². The summed E-state index contributed by atoms with van der Waals surface area (Å²) in [4.78, 5) is 12.9. The third-order valence-corrected chi connectivity index (χ3v) is 2.61. The molecule has 0 amide bonds. The van der Waals surface area contributed by atoms with Gasteiger partial charge in [0.15, 0.2) is 0 Å². The Bertz CT molecular complexity index is 160. The van der Waals surface area contributed by atoms with Gasteiger partial charge in [-0.25, -0.2) is 0 Å².